The number of carbonyl (C=O) groups is 1. The highest BCUT2D eigenvalue weighted by Crippen LogP contribution is 2.11. The van der Waals surface area contributed by atoms with Crippen LogP contribution in [0, 0.1) is 0 Å². The Morgan fingerprint density at radius 2 is 2.31 bits per heavy atom. The first kappa shape index (κ1) is 13.2. The molecular formula is C12H16BrNO2. The molecule has 0 fully saturated rings. The van der Waals surface area contributed by atoms with Crippen LogP contribution in [-0.4, -0.2) is 25.2 Å². The topological polar surface area (TPSA) is 38.3 Å². The third-order valence-corrected chi connectivity index (χ3v) is 2.53. The molecule has 4 heteroatoms. The molecule has 1 aromatic rings. The lowest BCUT2D eigenvalue weighted by Crippen LogP contribution is -2.35. The highest BCUT2D eigenvalue weighted by Gasteiger charge is 2.09. The summed E-state index contributed by atoms with van der Waals surface area (Å²) in [5.41, 5.74) is 0.651. The van der Waals surface area contributed by atoms with Crippen LogP contribution < -0.4 is 5.32 Å². The second kappa shape index (κ2) is 6.66. The Morgan fingerprint density at radius 3 is 2.94 bits per heavy atom. The number of amides is 1. The zero-order valence-corrected chi connectivity index (χ0v) is 11.1. The van der Waals surface area contributed by atoms with Gasteiger partial charge in [-0.25, -0.2) is 0 Å². The number of hydrogen-bond acceptors (Lipinski definition) is 2. The number of hydrogen-bond donors (Lipinski definition) is 1. The lowest BCUT2D eigenvalue weighted by molar-refractivity contribution is 0.0872. The standard InChI is InChI=1S/C12H16BrNO2/c1-3-16-8-9(2)14-12(15)10-5-4-6-11(13)7-10/h4-7,9H,3,8H2,1-2H3,(H,14,15). The third kappa shape index (κ3) is 4.33. The van der Waals surface area contributed by atoms with Crippen molar-refractivity contribution >= 4 is 21.8 Å². The van der Waals surface area contributed by atoms with E-state index in [1.54, 1.807) is 12.1 Å². The van der Waals surface area contributed by atoms with Crippen LogP contribution in [-0.2, 0) is 4.74 Å². The fourth-order valence-electron chi connectivity index (χ4n) is 1.27. The second-order valence-electron chi connectivity index (χ2n) is 3.54. The molecule has 1 rings (SSSR count). The molecule has 1 unspecified atom stereocenters. The largest absolute Gasteiger partial charge is 0.380 e. The fourth-order valence-corrected chi connectivity index (χ4v) is 1.67. The normalized spacial score (nSPS) is 12.2. The van der Waals surface area contributed by atoms with Gasteiger partial charge in [-0.05, 0) is 32.0 Å². The van der Waals surface area contributed by atoms with Gasteiger partial charge in [0, 0.05) is 22.7 Å². The molecule has 0 aromatic heterocycles. The molecule has 16 heavy (non-hydrogen) atoms. The number of halogens is 1. The summed E-state index contributed by atoms with van der Waals surface area (Å²) in [6.07, 6.45) is 0. The van der Waals surface area contributed by atoms with Gasteiger partial charge in [-0.1, -0.05) is 22.0 Å². The molecule has 0 saturated carbocycles. The van der Waals surface area contributed by atoms with Gasteiger partial charge in [0.1, 0.15) is 0 Å². The third-order valence-electron chi connectivity index (χ3n) is 2.04. The van der Waals surface area contributed by atoms with Crippen molar-refractivity contribution in [2.45, 2.75) is 19.9 Å². The van der Waals surface area contributed by atoms with Crippen molar-refractivity contribution in [3.63, 3.8) is 0 Å². The maximum atomic E-state index is 11.8. The molecule has 0 saturated heterocycles. The van der Waals surface area contributed by atoms with E-state index in [0.29, 0.717) is 18.8 Å². The monoisotopic (exact) mass is 285 g/mol. The Bertz CT molecular complexity index is 355. The van der Waals surface area contributed by atoms with Gasteiger partial charge in [0.05, 0.1) is 6.61 Å². The molecule has 0 aliphatic carbocycles. The molecule has 1 aromatic carbocycles. The first-order valence-corrected chi connectivity index (χ1v) is 6.07. The summed E-state index contributed by atoms with van der Waals surface area (Å²) in [4.78, 5) is 11.8. The summed E-state index contributed by atoms with van der Waals surface area (Å²) < 4.78 is 6.13. The number of nitrogens with one attached hydrogen (secondary N) is 1. The first-order chi connectivity index (χ1) is 7.63. The van der Waals surface area contributed by atoms with Crippen molar-refractivity contribution in [3.8, 4) is 0 Å². The Kier molecular flexibility index (Phi) is 5.49. The Labute approximate surface area is 104 Å². The first-order valence-electron chi connectivity index (χ1n) is 5.27. The maximum Gasteiger partial charge on any atom is 0.251 e. The summed E-state index contributed by atoms with van der Waals surface area (Å²) in [5, 5.41) is 2.87. The molecule has 0 aliphatic heterocycles. The summed E-state index contributed by atoms with van der Waals surface area (Å²) in [6.45, 7) is 5.06. The summed E-state index contributed by atoms with van der Waals surface area (Å²) in [7, 11) is 0. The molecule has 1 N–H and O–H groups in total. The molecule has 0 bridgehead atoms. The van der Waals surface area contributed by atoms with Crippen LogP contribution in [0.25, 0.3) is 0 Å². The van der Waals surface area contributed by atoms with Crippen molar-refractivity contribution in [2.75, 3.05) is 13.2 Å². The van der Waals surface area contributed by atoms with E-state index in [1.807, 2.05) is 26.0 Å². The smallest absolute Gasteiger partial charge is 0.251 e. The second-order valence-corrected chi connectivity index (χ2v) is 4.46. The van der Waals surface area contributed by atoms with Gasteiger partial charge in [0.2, 0.25) is 0 Å². The Morgan fingerprint density at radius 1 is 1.56 bits per heavy atom. The van der Waals surface area contributed by atoms with E-state index in [4.69, 9.17) is 4.74 Å². The summed E-state index contributed by atoms with van der Waals surface area (Å²) in [5.74, 6) is -0.0755. The van der Waals surface area contributed by atoms with Crippen LogP contribution in [0.2, 0.25) is 0 Å². The van der Waals surface area contributed by atoms with Gasteiger partial charge >= 0.3 is 0 Å². The van der Waals surface area contributed by atoms with Gasteiger partial charge in [0.25, 0.3) is 5.91 Å². The molecule has 0 aliphatic rings. The highest BCUT2D eigenvalue weighted by molar-refractivity contribution is 9.10. The fraction of sp³-hybridized carbons (Fsp3) is 0.417. The van der Waals surface area contributed by atoms with Crippen molar-refractivity contribution in [2.24, 2.45) is 0 Å². The SMILES string of the molecule is CCOCC(C)NC(=O)c1cccc(Br)c1. The quantitative estimate of drug-likeness (QED) is 0.903. The van der Waals surface area contributed by atoms with E-state index in [1.165, 1.54) is 0 Å². The average Bonchev–Trinajstić information content (AvgIpc) is 2.26. The van der Waals surface area contributed by atoms with E-state index < -0.39 is 0 Å². The van der Waals surface area contributed by atoms with E-state index in [2.05, 4.69) is 21.2 Å². The molecule has 1 atom stereocenters. The summed E-state index contributed by atoms with van der Waals surface area (Å²) in [6, 6.07) is 7.33. The van der Waals surface area contributed by atoms with Gasteiger partial charge < -0.3 is 10.1 Å². The lowest BCUT2D eigenvalue weighted by atomic mass is 10.2. The van der Waals surface area contributed by atoms with Gasteiger partial charge in [-0.15, -0.1) is 0 Å². The van der Waals surface area contributed by atoms with Crippen molar-refractivity contribution in [1.82, 2.24) is 5.32 Å². The van der Waals surface area contributed by atoms with Crippen LogP contribution in [0.15, 0.2) is 28.7 Å². The van der Waals surface area contributed by atoms with Gasteiger partial charge in [-0.2, -0.15) is 0 Å². The molecule has 88 valence electrons. The van der Waals surface area contributed by atoms with E-state index in [-0.39, 0.29) is 11.9 Å². The lowest BCUT2D eigenvalue weighted by Gasteiger charge is -2.13. The average molecular weight is 286 g/mol. The van der Waals surface area contributed by atoms with Crippen LogP contribution in [0.4, 0.5) is 0 Å². The maximum absolute atomic E-state index is 11.8. The number of rotatable bonds is 5. The van der Waals surface area contributed by atoms with Crippen LogP contribution >= 0.6 is 15.9 Å². The van der Waals surface area contributed by atoms with Crippen molar-refractivity contribution in [1.29, 1.82) is 0 Å². The van der Waals surface area contributed by atoms with Crippen molar-refractivity contribution in [3.05, 3.63) is 34.3 Å². The molecule has 0 spiro atoms. The van der Waals surface area contributed by atoms with Gasteiger partial charge in [-0.3, -0.25) is 4.79 Å². The highest BCUT2D eigenvalue weighted by atomic mass is 79.9. The number of ether oxygens (including phenoxy) is 1. The van der Waals surface area contributed by atoms with E-state index in [0.717, 1.165) is 4.47 Å². The van der Waals surface area contributed by atoms with Crippen LogP contribution in [0.1, 0.15) is 24.2 Å². The zero-order chi connectivity index (χ0) is 12.0. The Hall–Kier alpha value is -0.870. The predicted molar refractivity (Wildman–Crippen MR) is 67.6 cm³/mol. The van der Waals surface area contributed by atoms with Crippen LogP contribution in [0.3, 0.4) is 0 Å². The van der Waals surface area contributed by atoms with E-state index in [9.17, 15) is 4.79 Å². The number of carbonyl (C=O) groups excluding carboxylic acids is 1. The minimum Gasteiger partial charge on any atom is -0.380 e. The van der Waals surface area contributed by atoms with Crippen LogP contribution in [0.5, 0.6) is 0 Å². The zero-order valence-electron chi connectivity index (χ0n) is 9.50. The molecular weight excluding hydrogens is 270 g/mol. The minimum absolute atomic E-state index is 0.0198. The number of benzene rings is 1. The summed E-state index contributed by atoms with van der Waals surface area (Å²) >= 11 is 3.33. The molecule has 0 heterocycles. The minimum atomic E-state index is -0.0755. The molecule has 1 amide bonds. The van der Waals surface area contributed by atoms with E-state index >= 15 is 0 Å². The van der Waals surface area contributed by atoms with Crippen molar-refractivity contribution < 1.29 is 9.53 Å². The molecule has 3 nitrogen and oxygen atoms in total. The predicted octanol–water partition coefficient (Wildman–Crippen LogP) is 2.60. The Balaban J connectivity index is 2.52. The molecule has 0 radical (unpaired) electrons. The van der Waals surface area contributed by atoms with Gasteiger partial charge in [0.15, 0.2) is 0 Å².